The second-order valence-corrected chi connectivity index (χ2v) is 7.37. The van der Waals surface area contributed by atoms with Gasteiger partial charge in [-0.05, 0) is 60.2 Å². The lowest BCUT2D eigenvalue weighted by atomic mass is 10.2. The third kappa shape index (κ3) is 3.74. The largest absolute Gasteiger partial charge is 0.282 e. The third-order valence-electron chi connectivity index (χ3n) is 4.10. The molecule has 4 nitrogen and oxygen atoms in total. The highest BCUT2D eigenvalue weighted by molar-refractivity contribution is 9.10. The predicted octanol–water partition coefficient (Wildman–Crippen LogP) is 5.50. The Labute approximate surface area is 173 Å². The first kappa shape index (κ1) is 18.5. The van der Waals surface area contributed by atoms with E-state index < -0.39 is 0 Å². The fraction of sp³-hybridized carbons (Fsp3) is 0. The summed E-state index contributed by atoms with van der Waals surface area (Å²) >= 11 is 9.28. The van der Waals surface area contributed by atoms with E-state index in [0.29, 0.717) is 27.3 Å². The molecule has 0 N–H and O–H groups in total. The smallest absolute Gasteiger partial charge is 0.267 e. The first-order valence-corrected chi connectivity index (χ1v) is 9.46. The molecular weight excluding hydrogens is 445 g/mol. The average molecular weight is 457 g/mol. The Hall–Kier alpha value is -2.83. The van der Waals surface area contributed by atoms with Gasteiger partial charge in [0.15, 0.2) is 5.82 Å². The zero-order valence-corrected chi connectivity index (χ0v) is 16.7. The lowest BCUT2D eigenvalue weighted by Gasteiger charge is -2.10. The lowest BCUT2D eigenvalue weighted by Crippen LogP contribution is -2.20. The molecular formula is C21H12BrClFN3O. The van der Waals surface area contributed by atoms with Crippen LogP contribution in [0.1, 0.15) is 5.56 Å². The Morgan fingerprint density at radius 3 is 2.46 bits per heavy atom. The molecule has 4 rings (SSSR count). The highest BCUT2D eigenvalue weighted by Gasteiger charge is 2.13. The number of fused-ring (bicyclic) bond motifs is 1. The van der Waals surface area contributed by atoms with E-state index in [9.17, 15) is 9.18 Å². The summed E-state index contributed by atoms with van der Waals surface area (Å²) in [5.41, 5.74) is 1.56. The molecule has 3 aromatic carbocycles. The van der Waals surface area contributed by atoms with Crippen LogP contribution in [0.3, 0.4) is 0 Å². The zero-order valence-electron chi connectivity index (χ0n) is 14.3. The summed E-state index contributed by atoms with van der Waals surface area (Å²) in [4.78, 5) is 17.7. The summed E-state index contributed by atoms with van der Waals surface area (Å²) < 4.78 is 15.3. The van der Waals surface area contributed by atoms with Crippen molar-refractivity contribution in [3.63, 3.8) is 0 Å². The molecule has 28 heavy (non-hydrogen) atoms. The van der Waals surface area contributed by atoms with Crippen LogP contribution in [0.25, 0.3) is 22.3 Å². The number of aromatic nitrogens is 2. The molecule has 0 unspecified atom stereocenters. The van der Waals surface area contributed by atoms with Crippen LogP contribution >= 0.6 is 27.5 Å². The predicted molar refractivity (Wildman–Crippen MR) is 114 cm³/mol. The molecule has 0 saturated carbocycles. The summed E-state index contributed by atoms with van der Waals surface area (Å²) in [6.07, 6.45) is 1.55. The average Bonchev–Trinajstić information content (AvgIpc) is 2.69. The van der Waals surface area contributed by atoms with E-state index in [4.69, 9.17) is 11.6 Å². The van der Waals surface area contributed by atoms with Gasteiger partial charge in [-0.1, -0.05) is 39.7 Å². The first-order chi connectivity index (χ1) is 13.5. The lowest BCUT2D eigenvalue weighted by molar-refractivity contribution is 0.628. The molecule has 0 fully saturated rings. The highest BCUT2D eigenvalue weighted by atomic mass is 79.9. The molecule has 7 heteroatoms. The summed E-state index contributed by atoms with van der Waals surface area (Å²) in [5, 5.41) is 5.38. The maximum Gasteiger partial charge on any atom is 0.282 e. The number of halogens is 3. The number of hydrogen-bond donors (Lipinski definition) is 0. The van der Waals surface area contributed by atoms with Gasteiger partial charge in [-0.3, -0.25) is 4.79 Å². The van der Waals surface area contributed by atoms with E-state index in [1.165, 1.54) is 16.8 Å². The Bertz CT molecular complexity index is 1250. The molecule has 0 spiro atoms. The molecule has 0 aliphatic heterocycles. The van der Waals surface area contributed by atoms with Gasteiger partial charge >= 0.3 is 0 Å². The van der Waals surface area contributed by atoms with Crippen molar-refractivity contribution in [2.24, 2.45) is 5.10 Å². The molecule has 0 saturated heterocycles. The van der Waals surface area contributed by atoms with E-state index in [1.807, 2.05) is 6.07 Å². The van der Waals surface area contributed by atoms with E-state index in [0.717, 1.165) is 10.0 Å². The van der Waals surface area contributed by atoms with Crippen LogP contribution in [-0.4, -0.2) is 15.9 Å². The van der Waals surface area contributed by atoms with Gasteiger partial charge in [-0.25, -0.2) is 9.37 Å². The molecule has 1 aromatic heterocycles. The monoisotopic (exact) mass is 455 g/mol. The van der Waals surface area contributed by atoms with Crippen molar-refractivity contribution in [3.05, 3.63) is 98.0 Å². The normalized spacial score (nSPS) is 11.4. The van der Waals surface area contributed by atoms with E-state index in [1.54, 1.807) is 54.7 Å². The minimum Gasteiger partial charge on any atom is -0.267 e. The molecule has 1 heterocycles. The molecule has 0 aliphatic carbocycles. The number of hydrogen-bond acceptors (Lipinski definition) is 3. The van der Waals surface area contributed by atoms with Crippen LogP contribution in [0.2, 0.25) is 5.02 Å². The number of rotatable bonds is 3. The van der Waals surface area contributed by atoms with Crippen LogP contribution < -0.4 is 5.56 Å². The minimum atomic E-state index is -0.368. The quantitative estimate of drug-likeness (QED) is 0.382. The molecule has 0 bridgehead atoms. The van der Waals surface area contributed by atoms with Gasteiger partial charge in [0, 0.05) is 15.1 Å². The Balaban J connectivity index is 1.94. The van der Waals surface area contributed by atoms with Crippen molar-refractivity contribution < 1.29 is 4.39 Å². The van der Waals surface area contributed by atoms with E-state index in [-0.39, 0.29) is 11.4 Å². The fourth-order valence-electron chi connectivity index (χ4n) is 2.71. The van der Waals surface area contributed by atoms with Crippen molar-refractivity contribution in [3.8, 4) is 11.4 Å². The molecule has 0 aliphatic rings. The van der Waals surface area contributed by atoms with Gasteiger partial charge in [0.25, 0.3) is 5.56 Å². The topological polar surface area (TPSA) is 47.2 Å². The SMILES string of the molecule is O=c1c2cc(Br)ccc2nc(-c2ccc(F)cc2)n1N=Cc1ccc(Cl)cc1. The maximum atomic E-state index is 13.3. The van der Waals surface area contributed by atoms with Gasteiger partial charge in [-0.15, -0.1) is 0 Å². The fourth-order valence-corrected chi connectivity index (χ4v) is 3.20. The molecule has 0 amide bonds. The second-order valence-electron chi connectivity index (χ2n) is 6.02. The molecule has 0 radical (unpaired) electrons. The Morgan fingerprint density at radius 1 is 1.04 bits per heavy atom. The summed E-state index contributed by atoms with van der Waals surface area (Å²) in [6, 6.07) is 18.1. The van der Waals surface area contributed by atoms with Crippen LogP contribution in [0.5, 0.6) is 0 Å². The molecule has 4 aromatic rings. The molecule has 138 valence electrons. The van der Waals surface area contributed by atoms with Crippen LogP contribution in [0.15, 0.2) is 81.1 Å². The van der Waals surface area contributed by atoms with Gasteiger partial charge in [0.1, 0.15) is 5.82 Å². The van der Waals surface area contributed by atoms with Gasteiger partial charge < -0.3 is 0 Å². The number of benzene rings is 3. The third-order valence-corrected chi connectivity index (χ3v) is 4.85. The zero-order chi connectivity index (χ0) is 19.7. The van der Waals surface area contributed by atoms with Crippen LogP contribution in [0, 0.1) is 5.82 Å². The Kier molecular flexibility index (Phi) is 5.07. The van der Waals surface area contributed by atoms with Crippen molar-refractivity contribution >= 4 is 44.6 Å². The van der Waals surface area contributed by atoms with E-state index in [2.05, 4.69) is 26.0 Å². The van der Waals surface area contributed by atoms with Crippen molar-refractivity contribution in [2.45, 2.75) is 0 Å². The van der Waals surface area contributed by atoms with Gasteiger partial charge in [-0.2, -0.15) is 9.78 Å². The molecule has 0 atom stereocenters. The first-order valence-electron chi connectivity index (χ1n) is 8.29. The minimum absolute atomic E-state index is 0.323. The van der Waals surface area contributed by atoms with Crippen molar-refractivity contribution in [1.82, 2.24) is 9.66 Å². The van der Waals surface area contributed by atoms with Gasteiger partial charge in [0.05, 0.1) is 17.1 Å². The van der Waals surface area contributed by atoms with Crippen LogP contribution in [0.4, 0.5) is 4.39 Å². The van der Waals surface area contributed by atoms with Gasteiger partial charge in [0.2, 0.25) is 0 Å². The van der Waals surface area contributed by atoms with Crippen LogP contribution in [-0.2, 0) is 0 Å². The summed E-state index contributed by atoms with van der Waals surface area (Å²) in [6.45, 7) is 0. The summed E-state index contributed by atoms with van der Waals surface area (Å²) in [7, 11) is 0. The summed E-state index contributed by atoms with van der Waals surface area (Å²) in [5.74, 6) is -0.0444. The second kappa shape index (κ2) is 7.66. The highest BCUT2D eigenvalue weighted by Crippen LogP contribution is 2.21. The Morgan fingerprint density at radius 2 is 1.75 bits per heavy atom. The van der Waals surface area contributed by atoms with E-state index >= 15 is 0 Å². The van der Waals surface area contributed by atoms with Crippen molar-refractivity contribution in [1.29, 1.82) is 0 Å². The maximum absolute atomic E-state index is 13.3. The standard InChI is InChI=1S/C21H12BrClFN3O/c22-15-5-10-19-18(11-15)21(28)27(25-12-13-1-6-16(23)7-2-13)20(26-19)14-3-8-17(24)9-4-14/h1-12H. The number of nitrogens with zero attached hydrogens (tertiary/aromatic N) is 3. The van der Waals surface area contributed by atoms with Crippen molar-refractivity contribution in [2.75, 3.05) is 0 Å².